The summed E-state index contributed by atoms with van der Waals surface area (Å²) in [4.78, 5) is 12.9. The van der Waals surface area contributed by atoms with Crippen molar-refractivity contribution in [2.75, 3.05) is 18.8 Å². The zero-order valence-electron chi connectivity index (χ0n) is 6.89. The Morgan fingerprint density at radius 2 is 1.73 bits per heavy atom. The van der Waals surface area contributed by atoms with Gasteiger partial charge < -0.3 is 4.90 Å². The van der Waals surface area contributed by atoms with Gasteiger partial charge in [-0.2, -0.15) is 0 Å². The van der Waals surface area contributed by atoms with Crippen LogP contribution < -0.4 is 0 Å². The van der Waals surface area contributed by atoms with Gasteiger partial charge >= 0.3 is 18.9 Å². The van der Waals surface area contributed by atoms with Crippen LogP contribution in [0.2, 0.25) is 0 Å². The molecule has 0 aliphatic carbocycles. The van der Waals surface area contributed by atoms with E-state index in [9.17, 15) is 4.79 Å². The average molecular weight is 169 g/mol. The molecule has 0 rings (SSSR count). The fourth-order valence-corrected chi connectivity index (χ4v) is 1.38. The van der Waals surface area contributed by atoms with Crippen LogP contribution in [0.15, 0.2) is 0 Å². The monoisotopic (exact) mass is 169 g/mol. The molecule has 1 amide bonds. The number of carbonyl (C=O) groups is 1. The number of thioether (sulfide) groups is 1. The fraction of sp³-hybridized carbons (Fsp3) is 0.857. The molecule has 0 radical (unpaired) electrons. The summed E-state index contributed by atoms with van der Waals surface area (Å²) < 4.78 is 0. The van der Waals surface area contributed by atoms with Crippen LogP contribution >= 0.6 is 11.8 Å². The van der Waals surface area contributed by atoms with E-state index in [4.69, 9.17) is 0 Å². The first-order valence-electron chi connectivity index (χ1n) is 3.67. The van der Waals surface area contributed by atoms with Crippen LogP contribution in [-0.4, -0.2) is 47.8 Å². The van der Waals surface area contributed by atoms with Gasteiger partial charge in [-0.1, -0.05) is 18.7 Å². The van der Waals surface area contributed by atoms with E-state index >= 15 is 0 Å². The molecule has 0 N–H and O–H groups in total. The molecule has 0 aliphatic rings. The Hall–Kier alpha value is 0.417. The van der Waals surface area contributed by atoms with Gasteiger partial charge in [0.2, 0.25) is 0 Å². The van der Waals surface area contributed by atoms with Crippen molar-refractivity contribution in [2.24, 2.45) is 0 Å². The summed E-state index contributed by atoms with van der Waals surface area (Å²) in [6, 6.07) is 0. The summed E-state index contributed by atoms with van der Waals surface area (Å²) in [5.74, 6) is 0.870. The van der Waals surface area contributed by atoms with Gasteiger partial charge in [0.05, 0.1) is 0 Å². The zero-order chi connectivity index (χ0) is 7.98. The van der Waals surface area contributed by atoms with Crippen LogP contribution in [0.5, 0.6) is 0 Å². The average Bonchev–Trinajstić information content (AvgIpc) is 1.91. The minimum absolute atomic E-state index is 0. The number of nitrogens with zero attached hydrogens (tertiary/aromatic N) is 1. The van der Waals surface area contributed by atoms with Gasteiger partial charge in [0.1, 0.15) is 0 Å². The molecule has 0 atom stereocenters. The quantitative estimate of drug-likeness (QED) is 0.597. The Bertz CT molecular complexity index is 107. The van der Waals surface area contributed by atoms with Gasteiger partial charge in [-0.25, -0.2) is 0 Å². The molecule has 0 fully saturated rings. The van der Waals surface area contributed by atoms with E-state index in [-0.39, 0.29) is 24.1 Å². The van der Waals surface area contributed by atoms with Gasteiger partial charge in [0, 0.05) is 13.1 Å². The van der Waals surface area contributed by atoms with Crippen molar-refractivity contribution in [3.63, 3.8) is 0 Å². The summed E-state index contributed by atoms with van der Waals surface area (Å²) in [7, 11) is 0. The van der Waals surface area contributed by atoms with Gasteiger partial charge in [0.25, 0.3) is 5.24 Å². The number of rotatable bonds is 3. The van der Waals surface area contributed by atoms with E-state index in [1.54, 1.807) is 0 Å². The normalized spacial score (nSPS) is 8.64. The Morgan fingerprint density at radius 3 is 2.00 bits per heavy atom. The molecular formula is C7H16LiNOS. The molecule has 0 saturated carbocycles. The molecule has 62 valence electrons. The van der Waals surface area contributed by atoms with Gasteiger partial charge in [-0.15, -0.1) is 0 Å². The molecule has 0 bridgehead atoms. The predicted octanol–water partition coefficient (Wildman–Crippen LogP) is 1.55. The summed E-state index contributed by atoms with van der Waals surface area (Å²) >= 11 is 1.38. The number of hydrogen-bond donors (Lipinski definition) is 0. The van der Waals surface area contributed by atoms with Crippen molar-refractivity contribution in [2.45, 2.75) is 20.8 Å². The second-order valence-electron chi connectivity index (χ2n) is 1.87. The van der Waals surface area contributed by atoms with E-state index in [1.807, 2.05) is 25.7 Å². The van der Waals surface area contributed by atoms with Gasteiger partial charge in [0.15, 0.2) is 0 Å². The summed E-state index contributed by atoms with van der Waals surface area (Å²) in [6.07, 6.45) is 0. The van der Waals surface area contributed by atoms with Crippen LogP contribution in [0.25, 0.3) is 0 Å². The van der Waals surface area contributed by atoms with Crippen molar-refractivity contribution in [1.29, 1.82) is 0 Å². The molecular weight excluding hydrogens is 153 g/mol. The third-order valence-electron chi connectivity index (χ3n) is 1.29. The SMILES string of the molecule is CCSC(=O)N(CC)CC.[LiH]. The second kappa shape index (κ2) is 8.51. The van der Waals surface area contributed by atoms with E-state index in [0.717, 1.165) is 18.8 Å². The Balaban J connectivity index is 0. The maximum atomic E-state index is 11.1. The molecule has 0 heterocycles. The number of carbonyl (C=O) groups excluding carboxylic acids is 1. The molecule has 0 spiro atoms. The molecule has 4 heteroatoms. The van der Waals surface area contributed by atoms with Crippen molar-refractivity contribution >= 4 is 35.9 Å². The third-order valence-corrected chi connectivity index (χ3v) is 2.08. The van der Waals surface area contributed by atoms with Crippen LogP contribution in [0.3, 0.4) is 0 Å². The van der Waals surface area contributed by atoms with Gasteiger partial charge in [-0.3, -0.25) is 4.79 Å². The van der Waals surface area contributed by atoms with E-state index in [0.29, 0.717) is 0 Å². The summed E-state index contributed by atoms with van der Waals surface area (Å²) in [5, 5.41) is 0.201. The first-order chi connectivity index (χ1) is 4.76. The minimum atomic E-state index is 0. The topological polar surface area (TPSA) is 20.3 Å². The van der Waals surface area contributed by atoms with Crippen molar-refractivity contribution < 1.29 is 4.79 Å². The molecule has 0 unspecified atom stereocenters. The predicted molar refractivity (Wildman–Crippen MR) is 53.6 cm³/mol. The standard InChI is InChI=1S/C7H15NOS.Li.H/c1-4-8(5-2)7(9)10-6-3;;/h4-6H2,1-3H3;;. The molecule has 0 aliphatic heterocycles. The van der Waals surface area contributed by atoms with Crippen molar-refractivity contribution in [3.05, 3.63) is 0 Å². The van der Waals surface area contributed by atoms with Crippen molar-refractivity contribution in [1.82, 2.24) is 4.90 Å². The van der Waals surface area contributed by atoms with E-state index in [2.05, 4.69) is 0 Å². The summed E-state index contributed by atoms with van der Waals surface area (Å²) in [6.45, 7) is 7.63. The molecule has 0 aromatic rings. The molecule has 2 nitrogen and oxygen atoms in total. The Morgan fingerprint density at radius 1 is 1.27 bits per heavy atom. The van der Waals surface area contributed by atoms with Crippen molar-refractivity contribution in [3.8, 4) is 0 Å². The molecule has 0 aromatic carbocycles. The maximum absolute atomic E-state index is 11.1. The van der Waals surface area contributed by atoms with Crippen LogP contribution in [0.1, 0.15) is 20.8 Å². The Labute approximate surface area is 85.3 Å². The molecule has 0 saturated heterocycles. The molecule has 0 aromatic heterocycles. The zero-order valence-corrected chi connectivity index (χ0v) is 7.70. The number of hydrogen-bond acceptors (Lipinski definition) is 2. The summed E-state index contributed by atoms with van der Waals surface area (Å²) in [5.41, 5.74) is 0. The third kappa shape index (κ3) is 5.66. The van der Waals surface area contributed by atoms with E-state index in [1.165, 1.54) is 11.8 Å². The molecule has 11 heavy (non-hydrogen) atoms. The van der Waals surface area contributed by atoms with Gasteiger partial charge in [-0.05, 0) is 19.6 Å². The second-order valence-corrected chi connectivity index (χ2v) is 3.09. The fourth-order valence-electron chi connectivity index (χ4n) is 0.697. The first kappa shape index (κ1) is 14.0. The van der Waals surface area contributed by atoms with E-state index < -0.39 is 0 Å². The van der Waals surface area contributed by atoms with Crippen LogP contribution in [0.4, 0.5) is 4.79 Å². The number of amides is 1. The Kier molecular flexibility index (Phi) is 10.8. The van der Waals surface area contributed by atoms with Crippen LogP contribution in [0, 0.1) is 0 Å². The van der Waals surface area contributed by atoms with Crippen LogP contribution in [-0.2, 0) is 0 Å². The first-order valence-corrected chi connectivity index (χ1v) is 4.66.